The number of hydrogen-bond donors (Lipinski definition) is 2. The third-order valence-electron chi connectivity index (χ3n) is 4.80. The minimum absolute atomic E-state index is 0.0605. The molecule has 0 bridgehead atoms. The first-order valence-electron chi connectivity index (χ1n) is 9.56. The highest BCUT2D eigenvalue weighted by Gasteiger charge is 2.38. The molecule has 0 saturated carbocycles. The van der Waals surface area contributed by atoms with Gasteiger partial charge < -0.3 is 19.9 Å². The van der Waals surface area contributed by atoms with Gasteiger partial charge in [-0.3, -0.25) is 9.59 Å². The highest BCUT2D eigenvalue weighted by Crippen LogP contribution is 2.31. The van der Waals surface area contributed by atoms with E-state index in [1.54, 1.807) is 23.2 Å². The molecule has 2 heterocycles. The van der Waals surface area contributed by atoms with Gasteiger partial charge in [0.2, 0.25) is 0 Å². The largest absolute Gasteiger partial charge is 0.490 e. The molecule has 0 spiro atoms. The molecule has 2 N–H and O–H groups in total. The molecule has 1 aliphatic rings. The molecule has 0 radical (unpaired) electrons. The fourth-order valence-corrected chi connectivity index (χ4v) is 4.33. The average molecular weight is 498 g/mol. The molecule has 1 saturated heterocycles. The van der Waals surface area contributed by atoms with Gasteiger partial charge in [-0.1, -0.05) is 34.5 Å². The van der Waals surface area contributed by atoms with E-state index in [9.17, 15) is 22.8 Å². The number of nitrogens with one attached hydrogen (secondary N) is 2. The van der Waals surface area contributed by atoms with Crippen LogP contribution in [0, 0.1) is 0 Å². The van der Waals surface area contributed by atoms with Gasteiger partial charge in [-0.25, -0.2) is 0 Å². The maximum Gasteiger partial charge on any atom is 0.432 e. The van der Waals surface area contributed by atoms with E-state index in [0.29, 0.717) is 28.8 Å². The topological polar surface area (TPSA) is 74.4 Å². The van der Waals surface area contributed by atoms with Crippen LogP contribution in [0.5, 0.6) is 5.75 Å². The van der Waals surface area contributed by atoms with Gasteiger partial charge in [0, 0.05) is 25.7 Å². The van der Waals surface area contributed by atoms with E-state index in [-0.39, 0.29) is 24.0 Å². The quantitative estimate of drug-likeness (QED) is 0.555. The minimum atomic E-state index is -4.78. The van der Waals surface area contributed by atoms with Crippen LogP contribution in [-0.4, -0.2) is 48.1 Å². The van der Waals surface area contributed by atoms with Crippen molar-refractivity contribution in [2.45, 2.75) is 31.5 Å². The molecule has 0 atom stereocenters. The number of rotatable bonds is 7. The van der Waals surface area contributed by atoms with Gasteiger partial charge in [-0.2, -0.15) is 13.2 Å². The first kappa shape index (κ1) is 23.9. The van der Waals surface area contributed by atoms with Crippen molar-refractivity contribution >= 4 is 40.4 Å². The van der Waals surface area contributed by atoms with Crippen LogP contribution < -0.4 is 14.9 Å². The fraction of sp³-hybridized carbons (Fsp3) is 0.474. The van der Waals surface area contributed by atoms with Crippen LogP contribution in [0.1, 0.15) is 34.6 Å². The fourth-order valence-electron chi connectivity index (χ4n) is 3.27. The summed E-state index contributed by atoms with van der Waals surface area (Å²) in [6, 6.07) is 5.14. The lowest BCUT2D eigenvalue weighted by Gasteiger charge is -2.32. The van der Waals surface area contributed by atoms with E-state index in [1.165, 1.54) is 0 Å². The Morgan fingerprint density at radius 2 is 1.97 bits per heavy atom. The number of amides is 1. The highest BCUT2D eigenvalue weighted by molar-refractivity contribution is 7.11. The van der Waals surface area contributed by atoms with Crippen LogP contribution in [0.4, 0.5) is 13.2 Å². The van der Waals surface area contributed by atoms with Gasteiger partial charge in [0.25, 0.3) is 5.91 Å². The summed E-state index contributed by atoms with van der Waals surface area (Å²) < 4.78 is 44.6. The predicted molar refractivity (Wildman–Crippen MR) is 113 cm³/mol. The minimum Gasteiger partial charge on any atom is -0.490 e. The van der Waals surface area contributed by atoms with Gasteiger partial charge in [-0.05, 0) is 37.9 Å². The number of carbonyl (C=O) groups excluding carboxylic acids is 1. The highest BCUT2D eigenvalue weighted by atomic mass is 35.5. The number of nitrogens with zero attached hydrogens (tertiary/aromatic N) is 1. The zero-order chi connectivity index (χ0) is 22.6. The number of halogens is 5. The molecule has 12 heteroatoms. The Morgan fingerprint density at radius 3 is 2.61 bits per heavy atom. The summed E-state index contributed by atoms with van der Waals surface area (Å²) in [7, 11) is 0. The van der Waals surface area contributed by atoms with Gasteiger partial charge in [-0.15, -0.1) is 0 Å². The SMILES string of the molecule is O=C(NCCCN1CCC(Oc2ccc(Cl)c(Cl)c2)CC1)c1sc(=O)[nH]c1C(F)(F)F. The Hall–Kier alpha value is -1.75. The summed E-state index contributed by atoms with van der Waals surface area (Å²) in [5.74, 6) is -0.231. The van der Waals surface area contributed by atoms with Crippen molar-refractivity contribution in [3.05, 3.63) is 48.5 Å². The number of hydrogen-bond acceptors (Lipinski definition) is 5. The molecule has 1 amide bonds. The van der Waals surface area contributed by atoms with Crippen LogP contribution in [0.3, 0.4) is 0 Å². The number of thiazole rings is 1. The molecular weight excluding hydrogens is 478 g/mol. The number of piperidine rings is 1. The third-order valence-corrected chi connectivity index (χ3v) is 6.42. The van der Waals surface area contributed by atoms with Crippen molar-refractivity contribution in [2.24, 2.45) is 0 Å². The van der Waals surface area contributed by atoms with Crippen molar-refractivity contribution in [1.29, 1.82) is 0 Å². The lowest BCUT2D eigenvalue weighted by molar-refractivity contribution is -0.141. The Morgan fingerprint density at radius 1 is 1.26 bits per heavy atom. The van der Waals surface area contributed by atoms with E-state index in [2.05, 4.69) is 10.2 Å². The van der Waals surface area contributed by atoms with Gasteiger partial charge in [0.15, 0.2) is 0 Å². The predicted octanol–water partition coefficient (Wildman–Crippen LogP) is 4.43. The second kappa shape index (κ2) is 10.2. The van der Waals surface area contributed by atoms with Gasteiger partial charge in [0.1, 0.15) is 22.4 Å². The second-order valence-corrected chi connectivity index (χ2v) is 8.86. The zero-order valence-corrected chi connectivity index (χ0v) is 18.6. The normalized spacial score (nSPS) is 15.8. The van der Waals surface area contributed by atoms with Crippen LogP contribution in [-0.2, 0) is 6.18 Å². The Balaban J connectivity index is 1.38. The van der Waals surface area contributed by atoms with Gasteiger partial charge >= 0.3 is 11.0 Å². The maximum atomic E-state index is 12.9. The Bertz CT molecular complexity index is 972. The van der Waals surface area contributed by atoms with Crippen molar-refractivity contribution in [2.75, 3.05) is 26.2 Å². The number of aromatic amines is 1. The molecule has 1 aromatic carbocycles. The molecule has 2 aromatic rings. The van der Waals surface area contributed by atoms with Crippen LogP contribution in [0.25, 0.3) is 0 Å². The summed E-state index contributed by atoms with van der Waals surface area (Å²) in [6.07, 6.45) is -2.51. The standard InChI is InChI=1S/C19H20Cl2F3N3O3S/c20-13-3-2-12(10-14(13)21)30-11-4-8-27(9-5-11)7-1-6-25-17(28)15-16(19(22,23)24)26-18(29)31-15/h2-3,10-11H,1,4-9H2,(H,25,28)(H,26,29). The monoisotopic (exact) mass is 497 g/mol. The van der Waals surface area contributed by atoms with E-state index in [4.69, 9.17) is 27.9 Å². The van der Waals surface area contributed by atoms with E-state index in [0.717, 1.165) is 25.9 Å². The van der Waals surface area contributed by atoms with Crippen LogP contribution >= 0.6 is 34.5 Å². The van der Waals surface area contributed by atoms with Crippen molar-refractivity contribution < 1.29 is 22.7 Å². The number of carbonyl (C=O) groups is 1. The van der Waals surface area contributed by atoms with E-state index in [1.807, 2.05) is 0 Å². The molecule has 1 aliphatic heterocycles. The molecular formula is C19H20Cl2F3N3O3S. The number of aromatic nitrogens is 1. The smallest absolute Gasteiger partial charge is 0.432 e. The van der Waals surface area contributed by atoms with E-state index >= 15 is 0 Å². The number of ether oxygens (including phenoxy) is 1. The summed E-state index contributed by atoms with van der Waals surface area (Å²) in [4.78, 5) is 25.6. The van der Waals surface area contributed by atoms with Crippen molar-refractivity contribution in [1.82, 2.24) is 15.2 Å². The number of benzene rings is 1. The first-order chi connectivity index (χ1) is 14.6. The van der Waals surface area contributed by atoms with Crippen molar-refractivity contribution in [3.63, 3.8) is 0 Å². The second-order valence-electron chi connectivity index (χ2n) is 7.06. The first-order valence-corrected chi connectivity index (χ1v) is 11.1. The van der Waals surface area contributed by atoms with Crippen LogP contribution in [0.15, 0.2) is 23.0 Å². The number of alkyl halides is 3. The summed E-state index contributed by atoms with van der Waals surface area (Å²) in [5.41, 5.74) is -1.30. The number of H-pyrrole nitrogens is 1. The lowest BCUT2D eigenvalue weighted by atomic mass is 10.1. The van der Waals surface area contributed by atoms with Crippen molar-refractivity contribution in [3.8, 4) is 5.75 Å². The van der Waals surface area contributed by atoms with Gasteiger partial charge in [0.05, 0.1) is 10.0 Å². The molecule has 31 heavy (non-hydrogen) atoms. The Kier molecular flexibility index (Phi) is 7.90. The summed E-state index contributed by atoms with van der Waals surface area (Å²) in [5, 5.41) is 3.36. The molecule has 1 aromatic heterocycles. The zero-order valence-electron chi connectivity index (χ0n) is 16.2. The third kappa shape index (κ3) is 6.61. The average Bonchev–Trinajstić information content (AvgIpc) is 3.12. The summed E-state index contributed by atoms with van der Waals surface area (Å²) in [6.45, 7) is 2.51. The van der Waals surface area contributed by atoms with Crippen LogP contribution in [0.2, 0.25) is 10.0 Å². The molecule has 170 valence electrons. The molecule has 0 aliphatic carbocycles. The molecule has 3 rings (SSSR count). The molecule has 0 unspecified atom stereocenters. The summed E-state index contributed by atoms with van der Waals surface area (Å²) >= 11 is 12.2. The maximum absolute atomic E-state index is 12.9. The lowest BCUT2D eigenvalue weighted by Crippen LogP contribution is -2.39. The molecule has 1 fully saturated rings. The van der Waals surface area contributed by atoms with E-state index < -0.39 is 27.5 Å². The Labute approximate surface area is 190 Å². The molecule has 6 nitrogen and oxygen atoms in total. The number of likely N-dealkylation sites (tertiary alicyclic amines) is 1.